The van der Waals surface area contributed by atoms with Gasteiger partial charge in [-0.25, -0.2) is 0 Å². The van der Waals surface area contributed by atoms with E-state index in [2.05, 4.69) is 15.3 Å². The Kier molecular flexibility index (Phi) is 2.65. The number of nitrogens with two attached hydrogens (primary N) is 1. The minimum atomic E-state index is 0.0844. The number of oxime groups is 1. The first-order valence-electron chi connectivity index (χ1n) is 3.41. The zero-order valence-corrected chi connectivity index (χ0v) is 6.13. The molecule has 1 aliphatic rings. The van der Waals surface area contributed by atoms with E-state index in [0.29, 0.717) is 0 Å². The lowest BCUT2D eigenvalue weighted by molar-refractivity contribution is 0.210. The molecule has 4 nitrogen and oxygen atoms in total. The predicted octanol–water partition coefficient (Wildman–Crippen LogP) is -0.691. The first kappa shape index (κ1) is 7.50. The highest BCUT2D eigenvalue weighted by Gasteiger charge is 2.15. The second-order valence-corrected chi connectivity index (χ2v) is 2.34. The molecular formula is C6H13N3O. The molecule has 0 saturated carbocycles. The van der Waals surface area contributed by atoms with Crippen molar-refractivity contribution in [1.29, 1.82) is 0 Å². The molecule has 1 unspecified atom stereocenters. The van der Waals surface area contributed by atoms with Gasteiger partial charge in [-0.15, -0.1) is 0 Å². The molecule has 4 heteroatoms. The van der Waals surface area contributed by atoms with Gasteiger partial charge in [-0.2, -0.15) is 0 Å². The van der Waals surface area contributed by atoms with Gasteiger partial charge < -0.3 is 15.9 Å². The van der Waals surface area contributed by atoms with Crippen molar-refractivity contribution < 1.29 is 4.84 Å². The van der Waals surface area contributed by atoms with E-state index in [1.54, 1.807) is 0 Å². The Morgan fingerprint density at radius 2 is 2.60 bits per heavy atom. The molecule has 0 bridgehead atoms. The van der Waals surface area contributed by atoms with Gasteiger partial charge in [-0.3, -0.25) is 0 Å². The van der Waals surface area contributed by atoms with Crippen LogP contribution in [0, 0.1) is 0 Å². The van der Waals surface area contributed by atoms with Crippen LogP contribution >= 0.6 is 0 Å². The van der Waals surface area contributed by atoms with E-state index in [4.69, 9.17) is 5.73 Å². The van der Waals surface area contributed by atoms with E-state index in [-0.39, 0.29) is 6.04 Å². The minimum Gasteiger partial charge on any atom is -0.399 e. The van der Waals surface area contributed by atoms with Crippen LogP contribution < -0.4 is 11.1 Å². The summed E-state index contributed by atoms with van der Waals surface area (Å²) in [5.41, 5.74) is 6.63. The quantitative estimate of drug-likeness (QED) is 0.478. The van der Waals surface area contributed by atoms with Gasteiger partial charge in [0.15, 0.2) is 0 Å². The first-order chi connectivity index (χ1) is 4.84. The fourth-order valence-corrected chi connectivity index (χ4v) is 0.989. The van der Waals surface area contributed by atoms with Gasteiger partial charge in [0.05, 0.1) is 5.71 Å². The van der Waals surface area contributed by atoms with Crippen molar-refractivity contribution in [2.45, 2.75) is 12.5 Å². The Bertz CT molecular complexity index is 135. The molecule has 1 aliphatic heterocycles. The summed E-state index contributed by atoms with van der Waals surface area (Å²) < 4.78 is 0. The smallest absolute Gasteiger partial charge is 0.106 e. The summed E-state index contributed by atoms with van der Waals surface area (Å²) in [4.78, 5) is 4.62. The zero-order valence-electron chi connectivity index (χ0n) is 6.13. The third kappa shape index (κ3) is 1.68. The van der Waals surface area contributed by atoms with Crippen LogP contribution in [-0.2, 0) is 4.84 Å². The lowest BCUT2D eigenvalue weighted by Crippen LogP contribution is -2.45. The maximum Gasteiger partial charge on any atom is 0.106 e. The van der Waals surface area contributed by atoms with Crippen molar-refractivity contribution in [1.82, 2.24) is 5.32 Å². The summed E-state index contributed by atoms with van der Waals surface area (Å²) >= 11 is 0. The van der Waals surface area contributed by atoms with Crippen LogP contribution in [0.15, 0.2) is 5.16 Å². The molecule has 1 heterocycles. The molecule has 3 N–H and O–H groups in total. The normalized spacial score (nSPS) is 30.6. The summed E-state index contributed by atoms with van der Waals surface area (Å²) in [6.07, 6.45) is 0.947. The van der Waals surface area contributed by atoms with E-state index in [1.807, 2.05) is 0 Å². The predicted molar refractivity (Wildman–Crippen MR) is 39.9 cm³/mol. The molecule has 0 aromatic heterocycles. The fraction of sp³-hybridized carbons (Fsp3) is 0.833. The van der Waals surface area contributed by atoms with Gasteiger partial charge in [0.1, 0.15) is 7.11 Å². The van der Waals surface area contributed by atoms with Crippen molar-refractivity contribution in [2.24, 2.45) is 10.9 Å². The van der Waals surface area contributed by atoms with Crippen molar-refractivity contribution >= 4 is 5.71 Å². The van der Waals surface area contributed by atoms with Crippen LogP contribution in [0.5, 0.6) is 0 Å². The fourth-order valence-electron chi connectivity index (χ4n) is 0.989. The molecule has 1 rings (SSSR count). The third-order valence-corrected chi connectivity index (χ3v) is 1.57. The van der Waals surface area contributed by atoms with Crippen molar-refractivity contribution in [2.75, 3.05) is 20.2 Å². The van der Waals surface area contributed by atoms with Crippen LogP contribution in [0.2, 0.25) is 0 Å². The van der Waals surface area contributed by atoms with Crippen molar-refractivity contribution in [3.8, 4) is 0 Å². The lowest BCUT2D eigenvalue weighted by atomic mass is 10.1. The molecule has 1 saturated heterocycles. The first-order valence-corrected chi connectivity index (χ1v) is 3.41. The summed E-state index contributed by atoms with van der Waals surface area (Å²) in [7, 11) is 1.54. The number of nitrogens with one attached hydrogen (secondary N) is 1. The highest BCUT2D eigenvalue weighted by molar-refractivity contribution is 5.91. The maximum atomic E-state index is 5.71. The van der Waals surface area contributed by atoms with Crippen molar-refractivity contribution in [3.63, 3.8) is 0 Å². The molecule has 0 aliphatic carbocycles. The number of hydrogen-bond donors (Lipinski definition) is 2. The molecule has 10 heavy (non-hydrogen) atoms. The Labute approximate surface area is 60.4 Å². The molecular weight excluding hydrogens is 130 g/mol. The summed E-state index contributed by atoms with van der Waals surface area (Å²) in [6.45, 7) is 1.74. The van der Waals surface area contributed by atoms with Crippen LogP contribution in [-0.4, -0.2) is 32.0 Å². The van der Waals surface area contributed by atoms with E-state index in [1.165, 1.54) is 7.11 Å². The summed E-state index contributed by atoms with van der Waals surface area (Å²) in [5, 5.41) is 6.95. The van der Waals surface area contributed by atoms with Crippen LogP contribution in [0.4, 0.5) is 0 Å². The number of nitrogens with zero attached hydrogens (tertiary/aromatic N) is 1. The maximum absolute atomic E-state index is 5.71. The Morgan fingerprint density at radius 3 is 3.20 bits per heavy atom. The number of hydrogen-bond acceptors (Lipinski definition) is 4. The average molecular weight is 143 g/mol. The topological polar surface area (TPSA) is 59.6 Å². The molecule has 0 aromatic carbocycles. The molecule has 1 fully saturated rings. The largest absolute Gasteiger partial charge is 0.399 e. The van der Waals surface area contributed by atoms with E-state index >= 15 is 0 Å². The van der Waals surface area contributed by atoms with Gasteiger partial charge in [-0.05, 0) is 13.0 Å². The Morgan fingerprint density at radius 1 is 1.80 bits per heavy atom. The highest BCUT2D eigenvalue weighted by Crippen LogP contribution is 1.96. The molecule has 0 aromatic rings. The molecule has 58 valence electrons. The molecule has 0 amide bonds. The summed E-state index contributed by atoms with van der Waals surface area (Å²) in [5.74, 6) is 0. The minimum absolute atomic E-state index is 0.0844. The van der Waals surface area contributed by atoms with E-state index in [0.717, 1.165) is 25.2 Å². The van der Waals surface area contributed by atoms with Gasteiger partial charge in [-0.1, -0.05) is 5.16 Å². The van der Waals surface area contributed by atoms with Crippen LogP contribution in [0.3, 0.4) is 0 Å². The van der Waals surface area contributed by atoms with Gasteiger partial charge >= 0.3 is 0 Å². The van der Waals surface area contributed by atoms with Crippen molar-refractivity contribution in [3.05, 3.63) is 0 Å². The highest BCUT2D eigenvalue weighted by atomic mass is 16.6. The molecule has 0 radical (unpaired) electrons. The molecule has 1 atom stereocenters. The SMILES string of the molecule is CON=C1CNCCC1N. The Hall–Kier alpha value is -0.610. The van der Waals surface area contributed by atoms with Crippen LogP contribution in [0.25, 0.3) is 0 Å². The second kappa shape index (κ2) is 3.53. The third-order valence-electron chi connectivity index (χ3n) is 1.57. The molecule has 0 spiro atoms. The summed E-state index contributed by atoms with van der Waals surface area (Å²) in [6, 6.07) is 0.0844. The monoisotopic (exact) mass is 143 g/mol. The standard InChI is InChI=1S/C6H13N3O/c1-10-9-6-4-8-3-2-5(6)7/h5,8H,2-4,7H2,1H3. The average Bonchev–Trinajstić information content (AvgIpc) is 1.94. The van der Waals surface area contributed by atoms with Crippen LogP contribution in [0.1, 0.15) is 6.42 Å². The van der Waals surface area contributed by atoms with E-state index < -0.39 is 0 Å². The Balaban J connectivity index is 2.47. The number of piperidine rings is 1. The lowest BCUT2D eigenvalue weighted by Gasteiger charge is -2.19. The second-order valence-electron chi connectivity index (χ2n) is 2.34. The van der Waals surface area contributed by atoms with Gasteiger partial charge in [0.25, 0.3) is 0 Å². The van der Waals surface area contributed by atoms with Gasteiger partial charge in [0, 0.05) is 12.6 Å². The van der Waals surface area contributed by atoms with Gasteiger partial charge in [0.2, 0.25) is 0 Å². The van der Waals surface area contributed by atoms with E-state index in [9.17, 15) is 0 Å². The number of rotatable bonds is 1. The zero-order chi connectivity index (χ0) is 7.40.